The fraction of sp³-hybridized carbons (Fsp3) is 0.900. The normalized spacial score (nSPS) is 28.7. The number of amides is 1. The predicted molar refractivity (Wildman–Crippen MR) is 57.8 cm³/mol. The number of halogens is 1. The van der Waals surface area contributed by atoms with Crippen molar-refractivity contribution in [2.24, 2.45) is 17.8 Å². The van der Waals surface area contributed by atoms with Crippen LogP contribution in [0.2, 0.25) is 0 Å². The average Bonchev–Trinajstić information content (AvgIpc) is 2.77. The van der Waals surface area contributed by atoms with E-state index in [-0.39, 0.29) is 5.91 Å². The maximum absolute atomic E-state index is 11.4. The maximum Gasteiger partial charge on any atom is 0.223 e. The van der Waals surface area contributed by atoms with Gasteiger partial charge in [0, 0.05) is 17.3 Å². The fourth-order valence-corrected chi connectivity index (χ4v) is 1.41. The van der Waals surface area contributed by atoms with E-state index < -0.39 is 0 Å². The highest BCUT2D eigenvalue weighted by molar-refractivity contribution is 9.09. The lowest BCUT2D eigenvalue weighted by Crippen LogP contribution is -2.32. The first-order valence-electron chi connectivity index (χ1n) is 4.94. The molecule has 0 aromatic carbocycles. The van der Waals surface area contributed by atoms with Gasteiger partial charge in [0.15, 0.2) is 0 Å². The van der Waals surface area contributed by atoms with Gasteiger partial charge in [0.05, 0.1) is 0 Å². The molecule has 1 aliphatic rings. The van der Waals surface area contributed by atoms with Crippen LogP contribution in [-0.4, -0.2) is 17.3 Å². The first-order chi connectivity index (χ1) is 6.02. The van der Waals surface area contributed by atoms with Gasteiger partial charge in [-0.3, -0.25) is 4.79 Å². The molecule has 13 heavy (non-hydrogen) atoms. The van der Waals surface area contributed by atoms with Gasteiger partial charge < -0.3 is 5.32 Å². The van der Waals surface area contributed by atoms with Gasteiger partial charge in [-0.2, -0.15) is 0 Å². The Morgan fingerprint density at radius 1 is 1.62 bits per heavy atom. The fourth-order valence-electron chi connectivity index (χ4n) is 1.25. The molecule has 0 spiro atoms. The van der Waals surface area contributed by atoms with Crippen molar-refractivity contribution in [3.05, 3.63) is 0 Å². The topological polar surface area (TPSA) is 29.1 Å². The second kappa shape index (κ2) is 4.45. The van der Waals surface area contributed by atoms with Crippen molar-refractivity contribution in [2.75, 3.05) is 6.54 Å². The van der Waals surface area contributed by atoms with Crippen molar-refractivity contribution < 1.29 is 4.79 Å². The quantitative estimate of drug-likeness (QED) is 0.759. The minimum atomic E-state index is 0.234. The minimum Gasteiger partial charge on any atom is -0.355 e. The molecule has 3 atom stereocenters. The van der Waals surface area contributed by atoms with E-state index in [0.717, 1.165) is 13.0 Å². The van der Waals surface area contributed by atoms with E-state index in [1.165, 1.54) is 0 Å². The molecule has 0 aromatic rings. The summed E-state index contributed by atoms with van der Waals surface area (Å²) in [6.07, 6.45) is 1.07. The van der Waals surface area contributed by atoms with Crippen LogP contribution >= 0.6 is 15.9 Å². The zero-order chi connectivity index (χ0) is 10.0. The van der Waals surface area contributed by atoms with Crippen LogP contribution in [0, 0.1) is 17.8 Å². The van der Waals surface area contributed by atoms with E-state index >= 15 is 0 Å². The van der Waals surface area contributed by atoms with Gasteiger partial charge in [-0.1, -0.05) is 36.7 Å². The van der Waals surface area contributed by atoms with Gasteiger partial charge in [0.1, 0.15) is 0 Å². The van der Waals surface area contributed by atoms with E-state index in [4.69, 9.17) is 0 Å². The molecule has 1 amide bonds. The molecule has 2 nitrogen and oxygen atoms in total. The first kappa shape index (κ1) is 11.0. The molecule has 0 radical (unpaired) electrons. The number of nitrogens with one attached hydrogen (secondary N) is 1. The van der Waals surface area contributed by atoms with Crippen LogP contribution in [0.1, 0.15) is 27.2 Å². The lowest BCUT2D eigenvalue weighted by Gasteiger charge is -2.14. The van der Waals surface area contributed by atoms with Crippen LogP contribution in [0.3, 0.4) is 0 Å². The Morgan fingerprint density at radius 3 is 2.54 bits per heavy atom. The van der Waals surface area contributed by atoms with Crippen molar-refractivity contribution in [3.8, 4) is 0 Å². The molecule has 1 saturated carbocycles. The number of alkyl halides is 1. The van der Waals surface area contributed by atoms with E-state index in [0.29, 0.717) is 22.6 Å². The van der Waals surface area contributed by atoms with E-state index in [2.05, 4.69) is 42.0 Å². The zero-order valence-corrected chi connectivity index (χ0v) is 10.1. The van der Waals surface area contributed by atoms with Crippen LogP contribution in [-0.2, 0) is 4.79 Å². The van der Waals surface area contributed by atoms with Crippen molar-refractivity contribution in [1.82, 2.24) is 5.32 Å². The summed E-state index contributed by atoms with van der Waals surface area (Å²) in [5, 5.41) is 2.97. The summed E-state index contributed by atoms with van der Waals surface area (Å²) in [6, 6.07) is 0. The Hall–Kier alpha value is -0.0500. The first-order valence-corrected chi connectivity index (χ1v) is 5.85. The number of carbonyl (C=O) groups excluding carboxylic acids is 1. The molecule has 3 unspecified atom stereocenters. The predicted octanol–water partition coefficient (Wildman–Crippen LogP) is 2.18. The summed E-state index contributed by atoms with van der Waals surface area (Å²) >= 11 is 3.54. The van der Waals surface area contributed by atoms with Crippen molar-refractivity contribution in [3.63, 3.8) is 0 Å². The molecule has 76 valence electrons. The molecular weight excluding hydrogens is 230 g/mol. The third kappa shape index (κ3) is 3.29. The summed E-state index contributed by atoms with van der Waals surface area (Å²) in [4.78, 5) is 11.8. The Bertz CT molecular complexity index is 193. The highest BCUT2D eigenvalue weighted by Crippen LogP contribution is 2.37. The van der Waals surface area contributed by atoms with Gasteiger partial charge in [0.25, 0.3) is 0 Å². The molecule has 0 aromatic heterocycles. The summed E-state index contributed by atoms with van der Waals surface area (Å²) in [6.45, 7) is 7.16. The Kier molecular flexibility index (Phi) is 3.77. The van der Waals surface area contributed by atoms with E-state index in [1.807, 2.05) is 0 Å². The van der Waals surface area contributed by atoms with E-state index in [9.17, 15) is 4.79 Å². The molecule has 0 bridgehead atoms. The van der Waals surface area contributed by atoms with Crippen molar-refractivity contribution in [2.45, 2.75) is 32.0 Å². The molecule has 1 rings (SSSR count). The molecule has 1 N–H and O–H groups in total. The van der Waals surface area contributed by atoms with Gasteiger partial charge >= 0.3 is 0 Å². The minimum absolute atomic E-state index is 0.234. The van der Waals surface area contributed by atoms with Crippen molar-refractivity contribution in [1.29, 1.82) is 0 Å². The molecule has 0 aliphatic heterocycles. The summed E-state index contributed by atoms with van der Waals surface area (Å²) in [5.41, 5.74) is 0. The number of rotatable bonds is 4. The second-order valence-electron chi connectivity index (χ2n) is 4.32. The summed E-state index contributed by atoms with van der Waals surface area (Å²) < 4.78 is 0. The summed E-state index contributed by atoms with van der Waals surface area (Å²) in [7, 11) is 0. The summed E-state index contributed by atoms with van der Waals surface area (Å²) in [5.74, 6) is 1.70. The van der Waals surface area contributed by atoms with Crippen LogP contribution < -0.4 is 5.32 Å². The number of hydrogen-bond acceptors (Lipinski definition) is 1. The average molecular weight is 248 g/mol. The lowest BCUT2D eigenvalue weighted by atomic mass is 10.1. The molecular formula is C10H18BrNO. The highest BCUT2D eigenvalue weighted by atomic mass is 79.9. The Balaban J connectivity index is 2.15. The van der Waals surface area contributed by atoms with Gasteiger partial charge in [-0.25, -0.2) is 0 Å². The molecule has 0 heterocycles. The second-order valence-corrected chi connectivity index (χ2v) is 5.50. The van der Waals surface area contributed by atoms with Crippen LogP contribution in [0.5, 0.6) is 0 Å². The molecule has 1 fully saturated rings. The van der Waals surface area contributed by atoms with Crippen molar-refractivity contribution >= 4 is 21.8 Å². The third-order valence-corrected chi connectivity index (χ3v) is 4.02. The van der Waals surface area contributed by atoms with Gasteiger partial charge in [0.2, 0.25) is 5.91 Å². The van der Waals surface area contributed by atoms with Crippen LogP contribution in [0.15, 0.2) is 0 Å². The standard InChI is InChI=1S/C10H18BrNO/c1-6(2)9(11)5-12-10(13)8-4-7(8)3/h6-9H,4-5H2,1-3H3,(H,12,13). The van der Waals surface area contributed by atoms with Gasteiger partial charge in [-0.15, -0.1) is 0 Å². The van der Waals surface area contributed by atoms with Crippen LogP contribution in [0.25, 0.3) is 0 Å². The number of hydrogen-bond donors (Lipinski definition) is 1. The zero-order valence-electron chi connectivity index (χ0n) is 8.51. The van der Waals surface area contributed by atoms with Crippen LogP contribution in [0.4, 0.5) is 0 Å². The Morgan fingerprint density at radius 2 is 2.15 bits per heavy atom. The lowest BCUT2D eigenvalue weighted by molar-refractivity contribution is -0.122. The molecule has 3 heteroatoms. The largest absolute Gasteiger partial charge is 0.355 e. The Labute approximate surface area is 88.6 Å². The highest BCUT2D eigenvalue weighted by Gasteiger charge is 2.38. The smallest absolute Gasteiger partial charge is 0.223 e. The number of carbonyl (C=O) groups is 1. The maximum atomic E-state index is 11.4. The SMILES string of the molecule is CC(C)C(Br)CNC(=O)C1CC1C. The molecule has 1 aliphatic carbocycles. The van der Waals surface area contributed by atoms with E-state index in [1.54, 1.807) is 0 Å². The monoisotopic (exact) mass is 247 g/mol. The molecule has 0 saturated heterocycles. The van der Waals surface area contributed by atoms with Gasteiger partial charge in [-0.05, 0) is 18.3 Å². The third-order valence-electron chi connectivity index (χ3n) is 2.64.